The first-order valence-electron chi connectivity index (χ1n) is 7.65. The third-order valence-electron chi connectivity index (χ3n) is 4.98. The van der Waals surface area contributed by atoms with Crippen molar-refractivity contribution >= 4 is 41.6 Å². The van der Waals surface area contributed by atoms with Gasteiger partial charge < -0.3 is 14.8 Å². The van der Waals surface area contributed by atoms with E-state index in [1.807, 2.05) is 29.9 Å². The Hall–Kier alpha value is -1.30. The first kappa shape index (κ1) is 18.0. The Kier molecular flexibility index (Phi) is 5.55. The molecular weight excluding hydrogens is 335 g/mol. The number of piperidine rings is 3. The van der Waals surface area contributed by atoms with E-state index in [2.05, 4.69) is 15.2 Å². The van der Waals surface area contributed by atoms with Crippen molar-refractivity contribution in [3.05, 3.63) is 30.2 Å². The van der Waals surface area contributed by atoms with Gasteiger partial charge in [0, 0.05) is 31.2 Å². The number of hydrogen-bond acceptors (Lipinski definition) is 3. The number of pyridine rings is 1. The van der Waals surface area contributed by atoms with Gasteiger partial charge in [-0.2, -0.15) is 0 Å². The normalized spacial score (nSPS) is 25.5. The summed E-state index contributed by atoms with van der Waals surface area (Å²) in [6, 6.07) is 4.18. The Labute approximate surface area is 148 Å². The Morgan fingerprint density at radius 1 is 1.30 bits per heavy atom. The molecule has 2 aromatic rings. The summed E-state index contributed by atoms with van der Waals surface area (Å²) >= 11 is 0. The lowest BCUT2D eigenvalue weighted by molar-refractivity contribution is 0.0618. The van der Waals surface area contributed by atoms with Crippen LogP contribution in [0.1, 0.15) is 23.3 Å². The van der Waals surface area contributed by atoms with Gasteiger partial charge >= 0.3 is 0 Å². The van der Waals surface area contributed by atoms with E-state index >= 15 is 0 Å². The van der Waals surface area contributed by atoms with E-state index in [9.17, 15) is 4.79 Å². The molecule has 1 amide bonds. The van der Waals surface area contributed by atoms with Crippen LogP contribution in [-0.2, 0) is 7.05 Å². The van der Waals surface area contributed by atoms with Crippen molar-refractivity contribution in [3.8, 4) is 0 Å². The summed E-state index contributed by atoms with van der Waals surface area (Å²) in [4.78, 5) is 19.2. The molecule has 2 bridgehead atoms. The maximum atomic E-state index is 12.4. The molecule has 1 unspecified atom stereocenters. The van der Waals surface area contributed by atoms with Gasteiger partial charge in [-0.1, -0.05) is 0 Å². The molecule has 1 atom stereocenters. The zero-order valence-electron chi connectivity index (χ0n) is 13.1. The second-order valence-corrected chi connectivity index (χ2v) is 6.27. The van der Waals surface area contributed by atoms with Crippen LogP contribution in [0.2, 0.25) is 0 Å². The number of halogens is 2. The lowest BCUT2D eigenvalue weighted by Gasteiger charge is -2.44. The van der Waals surface area contributed by atoms with Crippen LogP contribution >= 0.6 is 24.8 Å². The number of fused-ring (bicyclic) bond motifs is 4. The smallest absolute Gasteiger partial charge is 0.270 e. The van der Waals surface area contributed by atoms with E-state index in [-0.39, 0.29) is 36.8 Å². The number of carbonyl (C=O) groups excluding carboxylic acids is 1. The predicted molar refractivity (Wildman–Crippen MR) is 95.6 cm³/mol. The summed E-state index contributed by atoms with van der Waals surface area (Å²) in [6.07, 6.45) is 6.17. The van der Waals surface area contributed by atoms with Gasteiger partial charge in [0.2, 0.25) is 0 Å². The highest BCUT2D eigenvalue weighted by atomic mass is 35.5. The number of carbonyl (C=O) groups is 1. The highest BCUT2D eigenvalue weighted by molar-refractivity contribution is 5.96. The fraction of sp³-hybridized carbons (Fsp3) is 0.500. The number of aromatic nitrogens is 2. The predicted octanol–water partition coefficient (Wildman–Crippen LogP) is 2.24. The molecule has 0 spiro atoms. The van der Waals surface area contributed by atoms with E-state index in [1.165, 1.54) is 25.9 Å². The number of hydrogen-bond donors (Lipinski definition) is 1. The van der Waals surface area contributed by atoms with Crippen LogP contribution in [0.15, 0.2) is 24.5 Å². The second-order valence-electron chi connectivity index (χ2n) is 6.27. The van der Waals surface area contributed by atoms with Crippen molar-refractivity contribution in [1.29, 1.82) is 0 Å². The van der Waals surface area contributed by atoms with Gasteiger partial charge in [-0.25, -0.2) is 4.98 Å². The summed E-state index contributed by atoms with van der Waals surface area (Å²) < 4.78 is 2.01. The number of amides is 1. The third kappa shape index (κ3) is 3.32. The van der Waals surface area contributed by atoms with Crippen LogP contribution in [0.4, 0.5) is 0 Å². The molecule has 0 aromatic carbocycles. The first-order chi connectivity index (χ1) is 10.2. The van der Waals surface area contributed by atoms with Crippen molar-refractivity contribution in [2.45, 2.75) is 18.9 Å². The molecular formula is C16H22Cl2N4O. The molecule has 2 aromatic heterocycles. The molecule has 126 valence electrons. The maximum absolute atomic E-state index is 12.4. The van der Waals surface area contributed by atoms with Gasteiger partial charge in [-0.15, -0.1) is 24.8 Å². The van der Waals surface area contributed by atoms with Gasteiger partial charge in [0.05, 0.1) is 11.7 Å². The summed E-state index contributed by atoms with van der Waals surface area (Å²) in [6.45, 7) is 3.36. The summed E-state index contributed by atoms with van der Waals surface area (Å²) in [7, 11) is 1.98. The first-order valence-corrected chi connectivity index (χ1v) is 7.65. The van der Waals surface area contributed by atoms with Gasteiger partial charge in [0.15, 0.2) is 0 Å². The number of nitrogens with one attached hydrogen (secondary N) is 1. The number of rotatable bonds is 2. The zero-order chi connectivity index (χ0) is 14.4. The van der Waals surface area contributed by atoms with Crippen LogP contribution in [0.5, 0.6) is 0 Å². The SMILES string of the molecule is Cl.Cl.Cn1ccc2cc(C(=O)NC3CN4CCC3CC4)ncc21. The van der Waals surface area contributed by atoms with E-state index in [0.717, 1.165) is 17.4 Å². The molecule has 0 aliphatic carbocycles. The lowest BCUT2D eigenvalue weighted by atomic mass is 9.84. The molecule has 7 heteroatoms. The fourth-order valence-electron chi connectivity index (χ4n) is 3.66. The Balaban J connectivity index is 0.000000960. The van der Waals surface area contributed by atoms with Crippen LogP contribution < -0.4 is 5.32 Å². The minimum Gasteiger partial charge on any atom is -0.349 e. The monoisotopic (exact) mass is 356 g/mol. The van der Waals surface area contributed by atoms with Crippen LogP contribution in [0.25, 0.3) is 10.9 Å². The van der Waals surface area contributed by atoms with Crippen LogP contribution in [-0.4, -0.2) is 46.0 Å². The average molecular weight is 357 g/mol. The number of aryl methyl sites for hydroxylation is 1. The average Bonchev–Trinajstić information content (AvgIpc) is 2.89. The molecule has 0 radical (unpaired) electrons. The molecule has 5 heterocycles. The standard InChI is InChI=1S/C16H20N4O.2ClH/c1-19-5-2-12-8-13(17-9-15(12)19)16(21)18-14-10-20-6-3-11(14)4-7-20;;/h2,5,8-9,11,14H,3-4,6-7,10H2,1H3,(H,18,21);2*1H. The van der Waals surface area contributed by atoms with Crippen LogP contribution in [0.3, 0.4) is 0 Å². The Morgan fingerprint density at radius 3 is 2.70 bits per heavy atom. The fourth-order valence-corrected chi connectivity index (χ4v) is 3.66. The van der Waals surface area contributed by atoms with Gasteiger partial charge in [-0.05, 0) is 44.0 Å². The molecule has 3 saturated heterocycles. The van der Waals surface area contributed by atoms with Gasteiger partial charge in [0.25, 0.3) is 5.91 Å². The third-order valence-corrected chi connectivity index (χ3v) is 4.98. The van der Waals surface area contributed by atoms with E-state index < -0.39 is 0 Å². The molecule has 5 rings (SSSR count). The van der Waals surface area contributed by atoms with Crippen molar-refractivity contribution in [1.82, 2.24) is 19.8 Å². The van der Waals surface area contributed by atoms with Crippen molar-refractivity contribution < 1.29 is 4.79 Å². The maximum Gasteiger partial charge on any atom is 0.270 e. The number of nitrogens with zero attached hydrogens (tertiary/aromatic N) is 3. The largest absolute Gasteiger partial charge is 0.349 e. The van der Waals surface area contributed by atoms with Crippen molar-refractivity contribution in [3.63, 3.8) is 0 Å². The molecule has 3 fully saturated rings. The molecule has 3 aliphatic heterocycles. The summed E-state index contributed by atoms with van der Waals surface area (Å²) in [5, 5.41) is 4.25. The van der Waals surface area contributed by atoms with Gasteiger partial charge in [0.1, 0.15) is 5.69 Å². The molecule has 0 saturated carbocycles. The topological polar surface area (TPSA) is 50.2 Å². The van der Waals surface area contributed by atoms with Crippen LogP contribution in [0, 0.1) is 5.92 Å². The highest BCUT2D eigenvalue weighted by Gasteiger charge is 2.35. The Bertz CT molecular complexity index is 694. The van der Waals surface area contributed by atoms with E-state index in [4.69, 9.17) is 0 Å². The summed E-state index contributed by atoms with van der Waals surface area (Å²) in [5.41, 5.74) is 1.57. The molecule has 1 N–H and O–H groups in total. The highest BCUT2D eigenvalue weighted by Crippen LogP contribution is 2.27. The van der Waals surface area contributed by atoms with Crippen molar-refractivity contribution in [2.24, 2.45) is 13.0 Å². The quantitative estimate of drug-likeness (QED) is 0.897. The molecule has 23 heavy (non-hydrogen) atoms. The van der Waals surface area contributed by atoms with E-state index in [0.29, 0.717) is 11.6 Å². The molecule has 3 aliphatic rings. The second kappa shape index (κ2) is 7.07. The minimum absolute atomic E-state index is 0. The van der Waals surface area contributed by atoms with Crippen molar-refractivity contribution in [2.75, 3.05) is 19.6 Å². The molecule has 5 nitrogen and oxygen atoms in total. The summed E-state index contributed by atoms with van der Waals surface area (Å²) in [5.74, 6) is 0.596. The van der Waals surface area contributed by atoms with E-state index in [1.54, 1.807) is 6.20 Å². The lowest BCUT2D eigenvalue weighted by Crippen LogP contribution is -2.57. The minimum atomic E-state index is -0.0421. The Morgan fingerprint density at radius 2 is 2.04 bits per heavy atom. The zero-order valence-corrected chi connectivity index (χ0v) is 14.7. The van der Waals surface area contributed by atoms with Gasteiger partial charge in [-0.3, -0.25) is 4.79 Å².